The van der Waals surface area contributed by atoms with Crippen LogP contribution in [0, 0.1) is 0 Å². The van der Waals surface area contributed by atoms with Crippen molar-refractivity contribution in [3.63, 3.8) is 0 Å². The van der Waals surface area contributed by atoms with Crippen LogP contribution in [0.25, 0.3) is 16.6 Å². The number of amides is 1. The van der Waals surface area contributed by atoms with Gasteiger partial charge in [-0.2, -0.15) is 11.8 Å². The van der Waals surface area contributed by atoms with Gasteiger partial charge in [-0.1, -0.05) is 17.7 Å². The predicted molar refractivity (Wildman–Crippen MR) is 106 cm³/mol. The first kappa shape index (κ1) is 17.1. The summed E-state index contributed by atoms with van der Waals surface area (Å²) in [7, 11) is 0. The third kappa shape index (κ3) is 3.22. The maximum absolute atomic E-state index is 12.8. The molecule has 1 amide bonds. The highest BCUT2D eigenvalue weighted by molar-refractivity contribution is 7.99. The lowest BCUT2D eigenvalue weighted by atomic mass is 10.1. The first-order chi connectivity index (χ1) is 12.6. The van der Waals surface area contributed by atoms with Crippen LogP contribution in [0.15, 0.2) is 53.6 Å². The van der Waals surface area contributed by atoms with Gasteiger partial charge in [-0.3, -0.25) is 14.2 Å². The SMILES string of the molecule is O=C(c1ccc2c(=O)n(-c3cccc(Cl)c3)cnc2c1)N1CCSCC1. The maximum Gasteiger partial charge on any atom is 0.265 e. The number of carbonyl (C=O) groups is 1. The van der Waals surface area contributed by atoms with E-state index in [-0.39, 0.29) is 11.5 Å². The van der Waals surface area contributed by atoms with Gasteiger partial charge in [0, 0.05) is 35.2 Å². The molecule has 3 aromatic rings. The molecule has 132 valence electrons. The van der Waals surface area contributed by atoms with Crippen LogP contribution in [0.2, 0.25) is 5.02 Å². The van der Waals surface area contributed by atoms with Crippen molar-refractivity contribution in [3.8, 4) is 5.69 Å². The molecule has 1 saturated heterocycles. The molecule has 0 N–H and O–H groups in total. The summed E-state index contributed by atoms with van der Waals surface area (Å²) >= 11 is 7.87. The number of hydrogen-bond acceptors (Lipinski definition) is 4. The molecule has 0 saturated carbocycles. The van der Waals surface area contributed by atoms with E-state index in [1.807, 2.05) is 16.7 Å². The van der Waals surface area contributed by atoms with Gasteiger partial charge in [0.05, 0.1) is 16.6 Å². The minimum atomic E-state index is -0.189. The minimum absolute atomic E-state index is 0.00646. The number of rotatable bonds is 2. The van der Waals surface area contributed by atoms with Crippen LogP contribution >= 0.6 is 23.4 Å². The van der Waals surface area contributed by atoms with Crippen molar-refractivity contribution < 1.29 is 4.79 Å². The first-order valence-corrected chi connectivity index (χ1v) is 9.81. The number of benzene rings is 2. The zero-order chi connectivity index (χ0) is 18.1. The van der Waals surface area contributed by atoms with E-state index in [0.717, 1.165) is 24.6 Å². The Morgan fingerprint density at radius 2 is 1.92 bits per heavy atom. The van der Waals surface area contributed by atoms with E-state index in [0.29, 0.717) is 27.2 Å². The lowest BCUT2D eigenvalue weighted by molar-refractivity contribution is 0.0772. The Kier molecular flexibility index (Phi) is 4.70. The smallest absolute Gasteiger partial charge is 0.265 e. The van der Waals surface area contributed by atoms with Crippen molar-refractivity contribution >= 4 is 40.2 Å². The molecule has 26 heavy (non-hydrogen) atoms. The Balaban J connectivity index is 1.73. The molecule has 0 spiro atoms. The summed E-state index contributed by atoms with van der Waals surface area (Å²) in [5.74, 6) is 1.91. The topological polar surface area (TPSA) is 55.2 Å². The van der Waals surface area contributed by atoms with Crippen LogP contribution in [-0.2, 0) is 0 Å². The van der Waals surface area contributed by atoms with Gasteiger partial charge in [0.25, 0.3) is 11.5 Å². The third-order valence-corrected chi connectivity index (χ3v) is 5.57. The van der Waals surface area contributed by atoms with Crippen LogP contribution < -0.4 is 5.56 Å². The van der Waals surface area contributed by atoms with Gasteiger partial charge in [-0.15, -0.1) is 0 Å². The van der Waals surface area contributed by atoms with E-state index in [2.05, 4.69) is 4.98 Å². The van der Waals surface area contributed by atoms with Crippen molar-refractivity contribution in [1.82, 2.24) is 14.5 Å². The minimum Gasteiger partial charge on any atom is -0.337 e. The van der Waals surface area contributed by atoms with Gasteiger partial charge in [0.1, 0.15) is 6.33 Å². The van der Waals surface area contributed by atoms with Gasteiger partial charge >= 0.3 is 0 Å². The zero-order valence-electron chi connectivity index (χ0n) is 13.9. The number of nitrogens with zero attached hydrogens (tertiary/aromatic N) is 3. The predicted octanol–water partition coefficient (Wildman–Crippen LogP) is 3.23. The Morgan fingerprint density at radius 1 is 1.12 bits per heavy atom. The fourth-order valence-corrected chi connectivity index (χ4v) is 4.10. The lowest BCUT2D eigenvalue weighted by Gasteiger charge is -2.26. The molecule has 1 fully saturated rings. The Bertz CT molecular complexity index is 1040. The Labute approximate surface area is 159 Å². The molecule has 2 heterocycles. The maximum atomic E-state index is 12.8. The number of halogens is 1. The highest BCUT2D eigenvalue weighted by Gasteiger charge is 2.19. The summed E-state index contributed by atoms with van der Waals surface area (Å²) in [6.45, 7) is 1.51. The van der Waals surface area contributed by atoms with Crippen LogP contribution in [0.1, 0.15) is 10.4 Å². The molecule has 1 aliphatic rings. The van der Waals surface area contributed by atoms with Gasteiger partial charge < -0.3 is 4.90 Å². The average Bonchev–Trinajstić information content (AvgIpc) is 2.68. The van der Waals surface area contributed by atoms with Crippen molar-refractivity contribution in [1.29, 1.82) is 0 Å². The van der Waals surface area contributed by atoms with Crippen molar-refractivity contribution in [2.45, 2.75) is 0 Å². The van der Waals surface area contributed by atoms with E-state index in [4.69, 9.17) is 11.6 Å². The van der Waals surface area contributed by atoms with Gasteiger partial charge in [-0.25, -0.2) is 4.98 Å². The normalized spacial score (nSPS) is 14.6. The van der Waals surface area contributed by atoms with Crippen LogP contribution in [0.3, 0.4) is 0 Å². The second-order valence-corrected chi connectivity index (χ2v) is 7.70. The summed E-state index contributed by atoms with van der Waals surface area (Å²) in [6, 6.07) is 12.1. The van der Waals surface area contributed by atoms with Gasteiger partial charge in [0.15, 0.2) is 0 Å². The Hall–Kier alpha value is -2.31. The number of aromatic nitrogens is 2. The monoisotopic (exact) mass is 385 g/mol. The van der Waals surface area contributed by atoms with E-state index in [1.165, 1.54) is 10.9 Å². The molecule has 0 bridgehead atoms. The summed E-state index contributed by atoms with van der Waals surface area (Å²) in [6.07, 6.45) is 1.47. The van der Waals surface area contributed by atoms with E-state index >= 15 is 0 Å². The van der Waals surface area contributed by atoms with Crippen molar-refractivity contribution in [2.24, 2.45) is 0 Å². The number of thioether (sulfide) groups is 1. The van der Waals surface area contributed by atoms with Crippen molar-refractivity contribution in [3.05, 3.63) is 69.7 Å². The molecule has 1 aromatic heterocycles. The molecule has 7 heteroatoms. The van der Waals surface area contributed by atoms with E-state index in [1.54, 1.807) is 42.5 Å². The second kappa shape index (κ2) is 7.13. The van der Waals surface area contributed by atoms with E-state index in [9.17, 15) is 9.59 Å². The third-order valence-electron chi connectivity index (χ3n) is 4.39. The lowest BCUT2D eigenvalue weighted by Crippen LogP contribution is -2.37. The fourth-order valence-electron chi connectivity index (χ4n) is 3.01. The number of hydrogen-bond donors (Lipinski definition) is 0. The summed E-state index contributed by atoms with van der Waals surface area (Å²) < 4.78 is 1.46. The van der Waals surface area contributed by atoms with Crippen LogP contribution in [0.5, 0.6) is 0 Å². The standard InChI is InChI=1S/C19H16ClN3O2S/c20-14-2-1-3-15(11-14)23-12-21-17-10-13(4-5-16(17)19(23)25)18(24)22-6-8-26-9-7-22/h1-5,10-12H,6-9H2. The summed E-state index contributed by atoms with van der Waals surface area (Å²) in [5, 5.41) is 1.02. The van der Waals surface area contributed by atoms with Crippen LogP contribution in [0.4, 0.5) is 0 Å². The second-order valence-electron chi connectivity index (χ2n) is 6.04. The Morgan fingerprint density at radius 3 is 2.69 bits per heavy atom. The molecule has 5 nitrogen and oxygen atoms in total. The first-order valence-electron chi connectivity index (χ1n) is 8.28. The summed E-state index contributed by atoms with van der Waals surface area (Å²) in [5.41, 5.74) is 1.55. The highest BCUT2D eigenvalue weighted by Crippen LogP contribution is 2.17. The quantitative estimate of drug-likeness (QED) is 0.679. The van der Waals surface area contributed by atoms with E-state index < -0.39 is 0 Å². The van der Waals surface area contributed by atoms with Gasteiger partial charge in [0.2, 0.25) is 0 Å². The summed E-state index contributed by atoms with van der Waals surface area (Å²) in [4.78, 5) is 31.7. The molecular formula is C19H16ClN3O2S. The average molecular weight is 386 g/mol. The van der Waals surface area contributed by atoms with Crippen LogP contribution in [-0.4, -0.2) is 45.0 Å². The highest BCUT2D eigenvalue weighted by atomic mass is 35.5. The molecule has 0 atom stereocenters. The molecule has 2 aromatic carbocycles. The van der Waals surface area contributed by atoms with Gasteiger partial charge in [-0.05, 0) is 36.4 Å². The molecule has 0 aliphatic carbocycles. The molecule has 1 aliphatic heterocycles. The fraction of sp³-hybridized carbons (Fsp3) is 0.211. The largest absolute Gasteiger partial charge is 0.337 e. The number of fused-ring (bicyclic) bond motifs is 1. The molecule has 0 unspecified atom stereocenters. The molecular weight excluding hydrogens is 370 g/mol. The number of carbonyl (C=O) groups excluding carboxylic acids is 1. The van der Waals surface area contributed by atoms with Crippen molar-refractivity contribution in [2.75, 3.05) is 24.6 Å². The zero-order valence-corrected chi connectivity index (χ0v) is 15.5. The molecule has 0 radical (unpaired) electrons. The molecule has 4 rings (SSSR count).